The number of hydrogen-bond donors (Lipinski definition) is 1. The number of methoxy groups -OCH3 is 1. The van der Waals surface area contributed by atoms with Gasteiger partial charge in [-0.3, -0.25) is 0 Å². The molecule has 1 aromatic rings. The number of nitrogens with two attached hydrogens (primary N) is 1. The van der Waals surface area contributed by atoms with E-state index in [-0.39, 0.29) is 0 Å². The van der Waals surface area contributed by atoms with E-state index in [0.29, 0.717) is 19.8 Å². The second kappa shape index (κ2) is 4.15. The van der Waals surface area contributed by atoms with E-state index >= 15 is 0 Å². The molecule has 0 saturated carbocycles. The number of halogens is 2. The third kappa shape index (κ3) is 2.05. The van der Waals surface area contributed by atoms with Crippen LogP contribution in [-0.2, 0) is 4.74 Å². The number of esters is 1. The molecule has 0 atom stereocenters. The molecular formula is C8H7ClINO2. The predicted octanol–water partition coefficient (Wildman–Crippen LogP) is 2.31. The second-order valence-electron chi connectivity index (χ2n) is 2.31. The van der Waals surface area contributed by atoms with Crippen molar-refractivity contribution in [2.45, 2.75) is 0 Å². The summed E-state index contributed by atoms with van der Waals surface area (Å²) in [7, 11) is 1.31. The zero-order chi connectivity index (χ0) is 10.0. The molecule has 0 unspecified atom stereocenters. The van der Waals surface area contributed by atoms with E-state index in [1.165, 1.54) is 7.11 Å². The Morgan fingerprint density at radius 3 is 2.77 bits per heavy atom. The average molecular weight is 312 g/mol. The van der Waals surface area contributed by atoms with Crippen LogP contribution < -0.4 is 5.73 Å². The number of rotatable bonds is 1. The van der Waals surface area contributed by atoms with Gasteiger partial charge in [0, 0.05) is 0 Å². The summed E-state index contributed by atoms with van der Waals surface area (Å²) in [6.07, 6.45) is 0. The van der Waals surface area contributed by atoms with E-state index in [0.717, 1.165) is 0 Å². The highest BCUT2D eigenvalue weighted by Crippen LogP contribution is 2.27. The lowest BCUT2D eigenvalue weighted by Gasteiger charge is -2.06. The Labute approximate surface area is 94.3 Å². The van der Waals surface area contributed by atoms with Gasteiger partial charge in [0.2, 0.25) is 0 Å². The Morgan fingerprint density at radius 2 is 2.23 bits per heavy atom. The van der Waals surface area contributed by atoms with E-state index in [9.17, 15) is 4.79 Å². The van der Waals surface area contributed by atoms with Gasteiger partial charge in [0.15, 0.2) is 0 Å². The van der Waals surface area contributed by atoms with Gasteiger partial charge in [-0.25, -0.2) is 4.79 Å². The maximum absolute atomic E-state index is 11.1. The minimum atomic E-state index is -0.452. The van der Waals surface area contributed by atoms with Crippen molar-refractivity contribution in [1.82, 2.24) is 0 Å². The van der Waals surface area contributed by atoms with Crippen molar-refractivity contribution in [3.05, 3.63) is 26.3 Å². The molecule has 0 saturated heterocycles. The number of ether oxygens (including phenoxy) is 1. The molecule has 70 valence electrons. The van der Waals surface area contributed by atoms with Crippen molar-refractivity contribution in [2.75, 3.05) is 12.8 Å². The standard InChI is InChI=1S/C8H7ClINO2/c1-13-8(12)4-2-3-5(9)6(10)7(4)11/h2-3H,11H2,1H3. The third-order valence-corrected chi connectivity index (χ3v) is 3.33. The zero-order valence-electron chi connectivity index (χ0n) is 6.80. The van der Waals surface area contributed by atoms with Crippen molar-refractivity contribution < 1.29 is 9.53 Å². The van der Waals surface area contributed by atoms with E-state index in [1.807, 2.05) is 22.6 Å². The van der Waals surface area contributed by atoms with Gasteiger partial charge in [0.25, 0.3) is 0 Å². The van der Waals surface area contributed by atoms with Gasteiger partial charge >= 0.3 is 5.97 Å². The van der Waals surface area contributed by atoms with Crippen LogP contribution >= 0.6 is 34.2 Å². The van der Waals surface area contributed by atoms with Crippen molar-refractivity contribution in [3.63, 3.8) is 0 Å². The summed E-state index contributed by atoms with van der Waals surface area (Å²) in [5.41, 5.74) is 6.37. The Morgan fingerprint density at radius 1 is 1.62 bits per heavy atom. The Balaban J connectivity index is 3.26. The summed E-state index contributed by atoms with van der Waals surface area (Å²) in [4.78, 5) is 11.1. The van der Waals surface area contributed by atoms with Gasteiger partial charge in [0.05, 0.1) is 27.0 Å². The summed E-state index contributed by atoms with van der Waals surface area (Å²) >= 11 is 7.77. The zero-order valence-corrected chi connectivity index (χ0v) is 9.72. The van der Waals surface area contributed by atoms with Crippen LogP contribution in [0.5, 0.6) is 0 Å². The number of carbonyl (C=O) groups excluding carboxylic acids is 1. The minimum Gasteiger partial charge on any atom is -0.465 e. The van der Waals surface area contributed by atoms with Gasteiger partial charge in [-0.05, 0) is 34.7 Å². The molecule has 2 N–H and O–H groups in total. The molecule has 0 spiro atoms. The fourth-order valence-corrected chi connectivity index (χ4v) is 1.49. The molecule has 1 rings (SSSR count). The molecule has 5 heteroatoms. The summed E-state index contributed by atoms with van der Waals surface area (Å²) in [5.74, 6) is -0.452. The number of benzene rings is 1. The molecule has 13 heavy (non-hydrogen) atoms. The van der Waals surface area contributed by atoms with Gasteiger partial charge in [-0.2, -0.15) is 0 Å². The minimum absolute atomic E-state index is 0.344. The molecule has 0 heterocycles. The predicted molar refractivity (Wildman–Crippen MR) is 59.9 cm³/mol. The molecule has 3 nitrogen and oxygen atoms in total. The van der Waals surface area contributed by atoms with Crippen LogP contribution in [0.2, 0.25) is 5.02 Å². The lowest BCUT2D eigenvalue weighted by Crippen LogP contribution is -2.06. The first-order valence-corrected chi connectivity index (χ1v) is 4.85. The van der Waals surface area contributed by atoms with Crippen LogP contribution in [0.3, 0.4) is 0 Å². The summed E-state index contributed by atoms with van der Waals surface area (Å²) < 4.78 is 5.22. The number of nitrogen functional groups attached to an aromatic ring is 1. The number of carbonyl (C=O) groups is 1. The SMILES string of the molecule is COC(=O)c1ccc(Cl)c(I)c1N. The maximum Gasteiger partial charge on any atom is 0.339 e. The molecule has 0 aliphatic heterocycles. The normalized spacial score (nSPS) is 9.77. The van der Waals surface area contributed by atoms with Crippen LogP contribution in [-0.4, -0.2) is 13.1 Å². The maximum atomic E-state index is 11.1. The summed E-state index contributed by atoms with van der Waals surface area (Å²) in [6.45, 7) is 0. The van der Waals surface area contributed by atoms with E-state index in [1.54, 1.807) is 12.1 Å². The first kappa shape index (κ1) is 10.6. The highest BCUT2D eigenvalue weighted by atomic mass is 127. The van der Waals surface area contributed by atoms with Crippen LogP contribution in [0, 0.1) is 3.57 Å². The van der Waals surface area contributed by atoms with Gasteiger partial charge in [0.1, 0.15) is 0 Å². The molecule has 0 amide bonds. The van der Waals surface area contributed by atoms with Gasteiger partial charge in [-0.1, -0.05) is 11.6 Å². The fraction of sp³-hybridized carbons (Fsp3) is 0.125. The first-order chi connectivity index (χ1) is 6.07. The van der Waals surface area contributed by atoms with Crippen LogP contribution in [0.15, 0.2) is 12.1 Å². The fourth-order valence-electron chi connectivity index (χ4n) is 0.854. The Bertz CT molecular complexity index is 354. The second-order valence-corrected chi connectivity index (χ2v) is 3.80. The van der Waals surface area contributed by atoms with Crippen LogP contribution in [0.4, 0.5) is 5.69 Å². The highest BCUT2D eigenvalue weighted by molar-refractivity contribution is 14.1. The molecule has 0 aliphatic carbocycles. The summed E-state index contributed by atoms with van der Waals surface area (Å²) in [5, 5.41) is 0.533. The van der Waals surface area contributed by atoms with Crippen molar-refractivity contribution >= 4 is 45.8 Å². The average Bonchev–Trinajstić information content (AvgIpc) is 2.13. The van der Waals surface area contributed by atoms with E-state index < -0.39 is 5.97 Å². The van der Waals surface area contributed by atoms with Gasteiger partial charge in [-0.15, -0.1) is 0 Å². The Kier molecular flexibility index (Phi) is 3.38. The third-order valence-electron chi connectivity index (χ3n) is 1.54. The topological polar surface area (TPSA) is 52.3 Å². The first-order valence-electron chi connectivity index (χ1n) is 3.39. The molecular weight excluding hydrogens is 304 g/mol. The monoisotopic (exact) mass is 311 g/mol. The molecule has 0 aliphatic rings. The molecule has 1 aromatic carbocycles. The lowest BCUT2D eigenvalue weighted by atomic mass is 10.2. The van der Waals surface area contributed by atoms with E-state index in [4.69, 9.17) is 17.3 Å². The largest absolute Gasteiger partial charge is 0.465 e. The van der Waals surface area contributed by atoms with Crippen LogP contribution in [0.25, 0.3) is 0 Å². The van der Waals surface area contributed by atoms with Crippen molar-refractivity contribution in [3.8, 4) is 0 Å². The molecule has 0 radical (unpaired) electrons. The van der Waals surface area contributed by atoms with Crippen molar-refractivity contribution in [1.29, 1.82) is 0 Å². The van der Waals surface area contributed by atoms with Crippen LogP contribution in [0.1, 0.15) is 10.4 Å². The molecule has 0 fully saturated rings. The van der Waals surface area contributed by atoms with Gasteiger partial charge < -0.3 is 10.5 Å². The quantitative estimate of drug-likeness (QED) is 0.492. The van der Waals surface area contributed by atoms with Crippen molar-refractivity contribution in [2.24, 2.45) is 0 Å². The Hall–Kier alpha value is -0.490. The smallest absolute Gasteiger partial charge is 0.339 e. The summed E-state index contributed by atoms with van der Waals surface area (Å²) in [6, 6.07) is 3.16. The van der Waals surface area contributed by atoms with E-state index in [2.05, 4.69) is 4.74 Å². The molecule has 0 bridgehead atoms. The lowest BCUT2D eigenvalue weighted by molar-refractivity contribution is 0.0602. The number of hydrogen-bond acceptors (Lipinski definition) is 3. The number of anilines is 1. The molecule has 0 aromatic heterocycles. The highest BCUT2D eigenvalue weighted by Gasteiger charge is 2.13.